The van der Waals surface area contributed by atoms with Gasteiger partial charge in [0.2, 0.25) is 0 Å². The lowest BCUT2D eigenvalue weighted by Crippen LogP contribution is -2.20. The lowest BCUT2D eigenvalue weighted by Gasteiger charge is -2.21. The van der Waals surface area contributed by atoms with Gasteiger partial charge in [0.25, 0.3) is 0 Å². The third-order valence-electron chi connectivity index (χ3n) is 2.96. The molecule has 0 bridgehead atoms. The van der Waals surface area contributed by atoms with Gasteiger partial charge in [-0.15, -0.1) is 0 Å². The minimum absolute atomic E-state index is 0.0689. The normalized spacial score (nSPS) is 12.9. The van der Waals surface area contributed by atoms with E-state index < -0.39 is 0 Å². The Morgan fingerprint density at radius 1 is 1.29 bits per heavy atom. The van der Waals surface area contributed by atoms with Gasteiger partial charge in [-0.1, -0.05) is 35.8 Å². The first-order valence-corrected chi connectivity index (χ1v) is 6.97. The van der Waals surface area contributed by atoms with Gasteiger partial charge in [0, 0.05) is 29.8 Å². The van der Waals surface area contributed by atoms with Crippen LogP contribution in [0.15, 0.2) is 22.7 Å². The molecule has 0 aliphatic carbocycles. The first-order chi connectivity index (χ1) is 7.91. The minimum Gasteiger partial charge on any atom is -0.375 e. The fraction of sp³-hybridized carbons (Fsp3) is 0.571. The summed E-state index contributed by atoms with van der Waals surface area (Å²) in [6.07, 6.45) is 1.21. The van der Waals surface area contributed by atoms with E-state index in [-0.39, 0.29) is 6.04 Å². The van der Waals surface area contributed by atoms with Crippen molar-refractivity contribution in [2.45, 2.75) is 33.2 Å². The molecular weight excluding hydrogens is 276 g/mol. The first kappa shape index (κ1) is 14.5. The molecule has 0 fully saturated rings. The van der Waals surface area contributed by atoms with Crippen LogP contribution in [0.4, 0.5) is 5.69 Å². The summed E-state index contributed by atoms with van der Waals surface area (Å²) in [7, 11) is 2.13. The summed E-state index contributed by atoms with van der Waals surface area (Å²) in [4.78, 5) is 2.29. The summed E-state index contributed by atoms with van der Waals surface area (Å²) in [5.74, 6) is 0.740. The van der Waals surface area contributed by atoms with E-state index in [9.17, 15) is 0 Å². The fourth-order valence-corrected chi connectivity index (χ4v) is 2.43. The van der Waals surface area contributed by atoms with E-state index in [0.29, 0.717) is 0 Å². The molecule has 17 heavy (non-hydrogen) atoms. The Morgan fingerprint density at radius 2 is 1.94 bits per heavy atom. The van der Waals surface area contributed by atoms with Crippen LogP contribution in [0, 0.1) is 5.92 Å². The number of nitrogens with zero attached hydrogens (tertiary/aromatic N) is 1. The second-order valence-electron chi connectivity index (χ2n) is 5.10. The van der Waals surface area contributed by atoms with Crippen molar-refractivity contribution in [3.05, 3.63) is 28.2 Å². The third-order valence-corrected chi connectivity index (χ3v) is 3.64. The van der Waals surface area contributed by atoms with Crippen LogP contribution in [0.5, 0.6) is 0 Å². The van der Waals surface area contributed by atoms with Crippen molar-refractivity contribution in [1.82, 2.24) is 0 Å². The molecule has 1 unspecified atom stereocenters. The predicted molar refractivity (Wildman–Crippen MR) is 79.5 cm³/mol. The van der Waals surface area contributed by atoms with Gasteiger partial charge in [0.05, 0.1) is 0 Å². The van der Waals surface area contributed by atoms with E-state index >= 15 is 0 Å². The molecule has 2 N–H and O–H groups in total. The van der Waals surface area contributed by atoms with Gasteiger partial charge in [-0.3, -0.25) is 0 Å². The number of hydrogen-bond acceptors (Lipinski definition) is 2. The number of anilines is 1. The summed E-state index contributed by atoms with van der Waals surface area (Å²) in [6, 6.07) is 6.47. The monoisotopic (exact) mass is 298 g/mol. The van der Waals surface area contributed by atoms with Gasteiger partial charge >= 0.3 is 0 Å². The first-order valence-electron chi connectivity index (χ1n) is 6.18. The van der Waals surface area contributed by atoms with E-state index in [4.69, 9.17) is 5.73 Å². The van der Waals surface area contributed by atoms with E-state index in [0.717, 1.165) is 22.5 Å². The van der Waals surface area contributed by atoms with Crippen LogP contribution in [0.2, 0.25) is 0 Å². The van der Waals surface area contributed by atoms with Crippen molar-refractivity contribution in [3.63, 3.8) is 0 Å². The average Bonchev–Trinajstić information content (AvgIpc) is 2.25. The standard InChI is InChI=1S/C14H23BrN2/c1-10(2)7-8-17(4)12-5-6-13(11(3)16)14(15)9-12/h5-6,9-11H,7-8,16H2,1-4H3. The highest BCUT2D eigenvalue weighted by atomic mass is 79.9. The number of benzene rings is 1. The molecule has 3 heteroatoms. The summed E-state index contributed by atoms with van der Waals surface area (Å²) in [5, 5.41) is 0. The van der Waals surface area contributed by atoms with E-state index in [1.54, 1.807) is 0 Å². The molecule has 2 nitrogen and oxygen atoms in total. The van der Waals surface area contributed by atoms with Crippen LogP contribution in [0.1, 0.15) is 38.8 Å². The second kappa shape index (κ2) is 6.41. The van der Waals surface area contributed by atoms with Crippen molar-refractivity contribution in [2.24, 2.45) is 11.7 Å². The van der Waals surface area contributed by atoms with E-state index in [1.165, 1.54) is 12.1 Å². The van der Waals surface area contributed by atoms with Gasteiger partial charge in [0.15, 0.2) is 0 Å². The quantitative estimate of drug-likeness (QED) is 0.892. The average molecular weight is 299 g/mol. The Bertz CT molecular complexity index is 361. The smallest absolute Gasteiger partial charge is 0.0375 e. The molecule has 0 heterocycles. The molecule has 1 rings (SSSR count). The number of halogens is 1. The highest BCUT2D eigenvalue weighted by Crippen LogP contribution is 2.27. The molecule has 0 aliphatic heterocycles. The SMILES string of the molecule is CC(C)CCN(C)c1ccc(C(C)N)c(Br)c1. The molecule has 0 saturated carbocycles. The molecule has 0 aliphatic rings. The largest absolute Gasteiger partial charge is 0.375 e. The molecule has 0 radical (unpaired) electrons. The molecule has 0 amide bonds. The highest BCUT2D eigenvalue weighted by molar-refractivity contribution is 9.10. The molecule has 0 aromatic heterocycles. The van der Waals surface area contributed by atoms with Crippen molar-refractivity contribution >= 4 is 21.6 Å². The van der Waals surface area contributed by atoms with Crippen molar-refractivity contribution in [2.75, 3.05) is 18.5 Å². The molecular formula is C14H23BrN2. The highest BCUT2D eigenvalue weighted by Gasteiger charge is 2.08. The van der Waals surface area contributed by atoms with Crippen LogP contribution in [0.3, 0.4) is 0 Å². The van der Waals surface area contributed by atoms with Crippen LogP contribution < -0.4 is 10.6 Å². The zero-order chi connectivity index (χ0) is 13.0. The Hall–Kier alpha value is -0.540. The summed E-state index contributed by atoms with van der Waals surface area (Å²) in [5.41, 5.74) is 8.29. The molecule has 1 aromatic carbocycles. The zero-order valence-corrected chi connectivity index (χ0v) is 12.8. The summed E-state index contributed by atoms with van der Waals surface area (Å²) in [6.45, 7) is 7.59. The van der Waals surface area contributed by atoms with Crippen LogP contribution in [0.25, 0.3) is 0 Å². The molecule has 1 atom stereocenters. The van der Waals surface area contributed by atoms with Crippen molar-refractivity contribution < 1.29 is 0 Å². The van der Waals surface area contributed by atoms with Gasteiger partial charge in [-0.05, 0) is 37.0 Å². The third kappa shape index (κ3) is 4.32. The number of nitrogens with two attached hydrogens (primary N) is 1. The molecule has 96 valence electrons. The van der Waals surface area contributed by atoms with Crippen LogP contribution >= 0.6 is 15.9 Å². The Kier molecular flexibility index (Phi) is 5.47. The lowest BCUT2D eigenvalue weighted by atomic mass is 10.1. The van der Waals surface area contributed by atoms with Crippen molar-refractivity contribution in [1.29, 1.82) is 0 Å². The maximum atomic E-state index is 5.90. The summed E-state index contributed by atoms with van der Waals surface area (Å²) >= 11 is 3.59. The van der Waals surface area contributed by atoms with E-state index in [1.807, 2.05) is 6.92 Å². The zero-order valence-electron chi connectivity index (χ0n) is 11.2. The number of rotatable bonds is 5. The lowest BCUT2D eigenvalue weighted by molar-refractivity contribution is 0.585. The maximum absolute atomic E-state index is 5.90. The minimum atomic E-state index is 0.0689. The molecule has 0 saturated heterocycles. The second-order valence-corrected chi connectivity index (χ2v) is 5.95. The molecule has 1 aromatic rings. The Labute approximate surface area is 113 Å². The van der Waals surface area contributed by atoms with Gasteiger partial charge < -0.3 is 10.6 Å². The Balaban J connectivity index is 2.75. The predicted octanol–water partition coefficient (Wildman–Crippen LogP) is 3.95. The van der Waals surface area contributed by atoms with Crippen LogP contribution in [-0.2, 0) is 0 Å². The van der Waals surface area contributed by atoms with Gasteiger partial charge in [0.1, 0.15) is 0 Å². The van der Waals surface area contributed by atoms with Gasteiger partial charge in [-0.2, -0.15) is 0 Å². The van der Waals surface area contributed by atoms with E-state index in [2.05, 4.69) is 59.9 Å². The summed E-state index contributed by atoms with van der Waals surface area (Å²) < 4.78 is 1.10. The number of hydrogen-bond donors (Lipinski definition) is 1. The fourth-order valence-electron chi connectivity index (χ4n) is 1.70. The van der Waals surface area contributed by atoms with Gasteiger partial charge in [-0.25, -0.2) is 0 Å². The van der Waals surface area contributed by atoms with Crippen molar-refractivity contribution in [3.8, 4) is 0 Å². The Morgan fingerprint density at radius 3 is 2.41 bits per heavy atom. The molecule has 0 spiro atoms. The maximum Gasteiger partial charge on any atom is 0.0375 e. The topological polar surface area (TPSA) is 29.3 Å². The van der Waals surface area contributed by atoms with Crippen LogP contribution in [-0.4, -0.2) is 13.6 Å².